The minimum absolute atomic E-state index is 0.122. The molecule has 0 saturated carbocycles. The van der Waals surface area contributed by atoms with Crippen molar-refractivity contribution in [3.8, 4) is 5.75 Å². The van der Waals surface area contributed by atoms with Crippen LogP contribution in [0.5, 0.6) is 5.75 Å². The molecule has 0 unspecified atom stereocenters. The number of hydrogen-bond donors (Lipinski definition) is 1. The lowest BCUT2D eigenvalue weighted by Gasteiger charge is -2.23. The maximum absolute atomic E-state index is 13.2. The van der Waals surface area contributed by atoms with Crippen LogP contribution < -0.4 is 10.1 Å². The molecule has 192 valence electrons. The van der Waals surface area contributed by atoms with E-state index in [9.17, 15) is 58.3 Å². The average Bonchev–Trinajstić information content (AvgIpc) is 2.66. The topological polar surface area (TPSA) is 81.7 Å². The van der Waals surface area contributed by atoms with Crippen molar-refractivity contribution < 1.29 is 67.8 Å². The maximum atomic E-state index is 13.2. The van der Waals surface area contributed by atoms with Gasteiger partial charge in [-0.25, -0.2) is 9.59 Å². The third-order valence-corrected chi connectivity index (χ3v) is 3.77. The van der Waals surface area contributed by atoms with Gasteiger partial charge in [-0.2, -0.15) is 43.9 Å². The summed E-state index contributed by atoms with van der Waals surface area (Å²) in [6.07, 6.45) is -14.1. The second-order valence-electron chi connectivity index (χ2n) is 6.89. The average molecular weight is 515 g/mol. The molecule has 1 aromatic carbocycles. The fraction of sp³-hybridized carbons (Fsp3) is 0.500. The fourth-order valence-electron chi connectivity index (χ4n) is 2.10. The third-order valence-electron chi connectivity index (χ3n) is 3.77. The summed E-state index contributed by atoms with van der Waals surface area (Å²) in [6, 6.07) is 0.995. The highest BCUT2D eigenvalue weighted by molar-refractivity contribution is 5.89. The molecule has 6 nitrogen and oxygen atoms in total. The molecule has 0 aliphatic heterocycles. The van der Waals surface area contributed by atoms with Crippen LogP contribution in [0.4, 0.5) is 43.9 Å². The summed E-state index contributed by atoms with van der Waals surface area (Å²) >= 11 is 0. The Balaban J connectivity index is 3.05. The van der Waals surface area contributed by atoms with Crippen molar-refractivity contribution >= 4 is 17.8 Å². The van der Waals surface area contributed by atoms with E-state index in [4.69, 9.17) is 4.74 Å². The van der Waals surface area contributed by atoms with E-state index in [1.54, 1.807) is 0 Å². The molecular weight excluding hydrogens is 500 g/mol. The Labute approximate surface area is 184 Å². The number of alkyl halides is 10. The van der Waals surface area contributed by atoms with Crippen molar-refractivity contribution in [2.45, 2.75) is 56.6 Å². The van der Waals surface area contributed by atoms with Gasteiger partial charge in [0.1, 0.15) is 11.8 Å². The van der Waals surface area contributed by atoms with Gasteiger partial charge in [0.25, 0.3) is 0 Å². The second-order valence-corrected chi connectivity index (χ2v) is 6.89. The molecule has 1 amide bonds. The Bertz CT molecular complexity index is 894. The molecule has 0 radical (unpaired) electrons. The van der Waals surface area contributed by atoms with Crippen LogP contribution in [0.25, 0.3) is 0 Å². The summed E-state index contributed by atoms with van der Waals surface area (Å²) in [6.45, 7) is 2.61. The Kier molecular flexibility index (Phi) is 8.56. The number of benzene rings is 1. The SMILES string of the molecule is CC(C)OC(=O)[C@@H](Cc1ccc(OC(=O)C(F)(F)C(F)(F)F)cc1)NC(=O)C(F)(F)C(F)(F)F. The highest BCUT2D eigenvalue weighted by Gasteiger charge is 2.65. The molecule has 16 heteroatoms. The van der Waals surface area contributed by atoms with Crippen molar-refractivity contribution in [1.82, 2.24) is 5.32 Å². The van der Waals surface area contributed by atoms with Crippen LogP contribution in [-0.2, 0) is 25.5 Å². The number of halogens is 10. The molecule has 0 saturated heterocycles. The zero-order chi connectivity index (χ0) is 26.7. The molecule has 1 atom stereocenters. The molecule has 0 aromatic heterocycles. The third kappa shape index (κ3) is 6.96. The summed E-state index contributed by atoms with van der Waals surface area (Å²) in [4.78, 5) is 34.6. The van der Waals surface area contributed by atoms with Gasteiger partial charge in [-0.1, -0.05) is 12.1 Å². The predicted octanol–water partition coefficient (Wildman–Crippen LogP) is 3.97. The van der Waals surface area contributed by atoms with Crippen LogP contribution in [0, 0.1) is 0 Å². The lowest BCUT2D eigenvalue weighted by molar-refractivity contribution is -0.276. The molecule has 1 aromatic rings. The van der Waals surface area contributed by atoms with Gasteiger partial charge < -0.3 is 14.8 Å². The fourth-order valence-corrected chi connectivity index (χ4v) is 2.10. The highest BCUT2D eigenvalue weighted by atomic mass is 19.4. The van der Waals surface area contributed by atoms with E-state index in [-0.39, 0.29) is 5.56 Å². The first-order chi connectivity index (χ1) is 15.2. The summed E-state index contributed by atoms with van der Waals surface area (Å²) in [5.41, 5.74) is -0.122. The van der Waals surface area contributed by atoms with Gasteiger partial charge >= 0.3 is 42.0 Å². The minimum Gasteiger partial charge on any atom is -0.461 e. The van der Waals surface area contributed by atoms with Gasteiger partial charge in [0.05, 0.1) is 6.10 Å². The number of nitrogens with one attached hydrogen (secondary N) is 1. The molecule has 0 heterocycles. The lowest BCUT2D eigenvalue weighted by Crippen LogP contribution is -2.55. The van der Waals surface area contributed by atoms with Gasteiger partial charge in [-0.15, -0.1) is 0 Å². The van der Waals surface area contributed by atoms with Crippen LogP contribution in [0.3, 0.4) is 0 Å². The summed E-state index contributed by atoms with van der Waals surface area (Å²) in [5, 5.41) is 1.21. The predicted molar refractivity (Wildman–Crippen MR) is 90.9 cm³/mol. The van der Waals surface area contributed by atoms with Crippen LogP contribution in [0.15, 0.2) is 24.3 Å². The number of ether oxygens (including phenoxy) is 2. The molecular formula is C18H15F10NO5. The zero-order valence-corrected chi connectivity index (χ0v) is 17.0. The summed E-state index contributed by atoms with van der Waals surface area (Å²) in [5.74, 6) is -19.7. The molecule has 0 bridgehead atoms. The molecule has 34 heavy (non-hydrogen) atoms. The van der Waals surface area contributed by atoms with Crippen LogP contribution >= 0.6 is 0 Å². The Hall–Kier alpha value is -3.07. The number of carbonyl (C=O) groups is 3. The molecule has 0 fully saturated rings. The smallest absolute Gasteiger partial charge is 0.461 e. The van der Waals surface area contributed by atoms with Gasteiger partial charge in [-0.3, -0.25) is 4.79 Å². The first kappa shape index (κ1) is 29.0. The largest absolute Gasteiger partial charge is 0.465 e. The first-order valence-electron chi connectivity index (χ1n) is 8.92. The Morgan fingerprint density at radius 2 is 1.29 bits per heavy atom. The van der Waals surface area contributed by atoms with E-state index in [1.165, 1.54) is 19.2 Å². The summed E-state index contributed by atoms with van der Waals surface area (Å²) < 4.78 is 135. The van der Waals surface area contributed by atoms with E-state index in [2.05, 4.69) is 4.74 Å². The monoisotopic (exact) mass is 515 g/mol. The highest BCUT2D eigenvalue weighted by Crippen LogP contribution is 2.37. The molecule has 1 rings (SSSR count). The van der Waals surface area contributed by atoms with E-state index in [0.717, 1.165) is 12.1 Å². The van der Waals surface area contributed by atoms with Crippen LogP contribution in [0.2, 0.25) is 0 Å². The van der Waals surface area contributed by atoms with Crippen molar-refractivity contribution in [2.24, 2.45) is 0 Å². The zero-order valence-electron chi connectivity index (χ0n) is 17.0. The van der Waals surface area contributed by atoms with Crippen molar-refractivity contribution in [3.05, 3.63) is 29.8 Å². The van der Waals surface area contributed by atoms with Crippen LogP contribution in [0.1, 0.15) is 19.4 Å². The van der Waals surface area contributed by atoms with Crippen molar-refractivity contribution in [3.63, 3.8) is 0 Å². The quantitative estimate of drug-likeness (QED) is 0.322. The minimum atomic E-state index is -6.27. The van der Waals surface area contributed by atoms with Gasteiger partial charge in [0.2, 0.25) is 0 Å². The summed E-state index contributed by atoms with van der Waals surface area (Å²) in [7, 11) is 0. The number of esters is 2. The van der Waals surface area contributed by atoms with E-state index in [0.29, 0.717) is 12.1 Å². The van der Waals surface area contributed by atoms with E-state index >= 15 is 0 Å². The Morgan fingerprint density at radius 1 is 0.824 bits per heavy atom. The number of rotatable bonds is 8. The molecule has 0 aliphatic rings. The van der Waals surface area contributed by atoms with E-state index in [1.807, 2.05) is 0 Å². The van der Waals surface area contributed by atoms with Crippen molar-refractivity contribution in [2.75, 3.05) is 0 Å². The normalized spacial score (nSPS) is 13.9. The van der Waals surface area contributed by atoms with Gasteiger partial charge in [0.15, 0.2) is 0 Å². The van der Waals surface area contributed by atoms with E-state index < -0.39 is 66.4 Å². The van der Waals surface area contributed by atoms with Gasteiger partial charge in [0, 0.05) is 6.42 Å². The standard InChI is InChI=1S/C18H15F10NO5/c1-8(2)33-12(30)11(29-13(31)15(19,20)17(23,24)25)7-9-3-5-10(6-4-9)34-14(32)16(21,22)18(26,27)28/h3-6,8,11H,7H2,1-2H3,(H,29,31)/t11-/m1/s1. The second kappa shape index (κ2) is 10.0. The maximum Gasteiger partial charge on any atom is 0.465 e. The molecule has 1 N–H and O–H groups in total. The van der Waals surface area contributed by atoms with Crippen LogP contribution in [-0.4, -0.2) is 54.2 Å². The number of carbonyl (C=O) groups excluding carboxylic acids is 3. The van der Waals surface area contributed by atoms with Crippen molar-refractivity contribution in [1.29, 1.82) is 0 Å². The molecule has 0 spiro atoms. The number of amides is 1. The lowest BCUT2D eigenvalue weighted by atomic mass is 10.1. The van der Waals surface area contributed by atoms with Gasteiger partial charge in [-0.05, 0) is 31.5 Å². The first-order valence-corrected chi connectivity index (χ1v) is 8.92. The molecule has 0 aliphatic carbocycles. The number of hydrogen-bond acceptors (Lipinski definition) is 5. The Morgan fingerprint density at radius 3 is 1.71 bits per heavy atom.